The van der Waals surface area contributed by atoms with Crippen molar-refractivity contribution in [1.29, 1.82) is 0 Å². The second-order valence-corrected chi connectivity index (χ2v) is 13.1. The lowest BCUT2D eigenvalue weighted by atomic mass is 10.00. The Morgan fingerprint density at radius 3 is 2.67 bits per heavy atom. The largest absolute Gasteiger partial charge is 0.514 e. The molecule has 39 heavy (non-hydrogen) atoms. The number of aromatic nitrogens is 1. The van der Waals surface area contributed by atoms with Gasteiger partial charge in [0.1, 0.15) is 24.5 Å². The van der Waals surface area contributed by atoms with Gasteiger partial charge in [0.15, 0.2) is 0 Å². The van der Waals surface area contributed by atoms with Crippen molar-refractivity contribution in [2.75, 3.05) is 26.7 Å². The molecule has 1 aliphatic heterocycles. The number of aliphatic hydroxyl groups excluding tert-OH is 1. The van der Waals surface area contributed by atoms with E-state index in [1.54, 1.807) is 37.0 Å². The highest BCUT2D eigenvalue weighted by Gasteiger charge is 2.37. The molecule has 1 aromatic heterocycles. The molecule has 3 aromatic rings. The van der Waals surface area contributed by atoms with Crippen molar-refractivity contribution < 1.29 is 32.7 Å². The van der Waals surface area contributed by atoms with E-state index in [1.165, 1.54) is 15.6 Å². The van der Waals surface area contributed by atoms with Crippen molar-refractivity contribution >= 4 is 27.5 Å². The van der Waals surface area contributed by atoms with Crippen LogP contribution in [-0.2, 0) is 34.2 Å². The van der Waals surface area contributed by atoms with E-state index in [0.717, 1.165) is 16.0 Å². The summed E-state index contributed by atoms with van der Waals surface area (Å²) < 4.78 is 40.0. The Kier molecular flexibility index (Phi) is 9.73. The van der Waals surface area contributed by atoms with E-state index in [1.807, 2.05) is 44.2 Å². The lowest BCUT2D eigenvalue weighted by Crippen LogP contribution is -3.17. The first-order chi connectivity index (χ1) is 18.6. The van der Waals surface area contributed by atoms with Crippen LogP contribution in [0, 0.1) is 5.92 Å². The molecule has 4 rings (SSSR count). The van der Waals surface area contributed by atoms with Crippen LogP contribution in [0.1, 0.15) is 29.9 Å². The first-order valence-electron chi connectivity index (χ1n) is 13.0. The molecule has 3 atom stereocenters. The third-order valence-corrected chi connectivity index (χ3v) is 9.31. The van der Waals surface area contributed by atoms with Crippen LogP contribution >= 0.6 is 11.3 Å². The number of quaternary nitrogens is 1. The quantitative estimate of drug-likeness (QED) is 0.342. The number of hydrogen-bond acceptors (Lipinski definition) is 8. The number of hydrogen-bond donors (Lipinski definition) is 2. The highest BCUT2D eigenvalue weighted by atomic mass is 32.2. The van der Waals surface area contributed by atoms with Crippen LogP contribution in [0.4, 0.5) is 4.79 Å². The maximum atomic E-state index is 13.8. The summed E-state index contributed by atoms with van der Waals surface area (Å²) in [7, 11) is -2.27. The van der Waals surface area contributed by atoms with E-state index < -0.39 is 28.3 Å². The number of ether oxygens (including phenoxy) is 2. The summed E-state index contributed by atoms with van der Waals surface area (Å²) in [5, 5.41) is 11.5. The summed E-state index contributed by atoms with van der Waals surface area (Å²) in [5.74, 6) is 0.723. The molecule has 0 saturated heterocycles. The average Bonchev–Trinajstić information content (AvgIpc) is 3.61. The highest BCUT2D eigenvalue weighted by molar-refractivity contribution is 7.89. The Labute approximate surface area is 234 Å². The number of benzene rings is 2. The molecule has 0 saturated carbocycles. The van der Waals surface area contributed by atoms with Crippen molar-refractivity contribution in [3.63, 3.8) is 0 Å². The fourth-order valence-electron chi connectivity index (χ4n) is 4.65. The summed E-state index contributed by atoms with van der Waals surface area (Å²) in [6, 6.07) is 13.8. The van der Waals surface area contributed by atoms with Gasteiger partial charge in [-0.1, -0.05) is 44.2 Å². The summed E-state index contributed by atoms with van der Waals surface area (Å²) in [5.41, 5.74) is 3.45. The summed E-state index contributed by atoms with van der Waals surface area (Å²) in [6.45, 7) is 4.54. The van der Waals surface area contributed by atoms with Gasteiger partial charge in [0.05, 0.1) is 28.9 Å². The molecular formula is C28H36N3O6S2+. The summed E-state index contributed by atoms with van der Waals surface area (Å²) >= 11 is 1.39. The zero-order valence-electron chi connectivity index (χ0n) is 22.4. The van der Waals surface area contributed by atoms with E-state index in [0.29, 0.717) is 30.1 Å². The van der Waals surface area contributed by atoms with Crippen LogP contribution in [0.2, 0.25) is 0 Å². The maximum absolute atomic E-state index is 13.8. The number of nitrogens with one attached hydrogen (secondary N) is 1. The minimum absolute atomic E-state index is 0.0201. The van der Waals surface area contributed by atoms with Crippen LogP contribution in [0.25, 0.3) is 0 Å². The monoisotopic (exact) mass is 574 g/mol. The molecule has 9 nitrogen and oxygen atoms in total. The van der Waals surface area contributed by atoms with Crippen molar-refractivity contribution in [1.82, 2.24) is 9.29 Å². The van der Waals surface area contributed by atoms with Crippen molar-refractivity contribution in [2.45, 2.75) is 50.3 Å². The lowest BCUT2D eigenvalue weighted by molar-refractivity contribution is -0.835. The second-order valence-electron chi connectivity index (χ2n) is 10.2. The van der Waals surface area contributed by atoms with Crippen molar-refractivity contribution in [2.24, 2.45) is 5.92 Å². The van der Waals surface area contributed by atoms with Gasteiger partial charge in [-0.25, -0.2) is 13.3 Å². The molecule has 2 heterocycles. The Morgan fingerprint density at radius 2 is 1.97 bits per heavy atom. The summed E-state index contributed by atoms with van der Waals surface area (Å²) in [4.78, 5) is 18.4. The first kappa shape index (κ1) is 29.2. The summed E-state index contributed by atoms with van der Waals surface area (Å²) in [6.07, 6.45) is 0.980. The van der Waals surface area contributed by atoms with Gasteiger partial charge in [0.25, 0.3) is 0 Å². The van der Waals surface area contributed by atoms with Gasteiger partial charge in [-0.3, -0.25) is 4.98 Å². The predicted molar refractivity (Wildman–Crippen MR) is 148 cm³/mol. The molecule has 1 aliphatic rings. The van der Waals surface area contributed by atoms with Gasteiger partial charge >= 0.3 is 6.09 Å². The molecule has 0 radical (unpaired) electrons. The molecule has 210 valence electrons. The normalized spacial score (nSPS) is 15.5. The number of aliphatic hydroxyl groups is 1. The Bertz CT molecular complexity index is 1330. The molecule has 0 fully saturated rings. The molecule has 0 spiro atoms. The van der Waals surface area contributed by atoms with Crippen molar-refractivity contribution in [3.8, 4) is 5.75 Å². The number of nitrogens with zero attached hydrogens (tertiary/aromatic N) is 2. The third-order valence-electron chi connectivity index (χ3n) is 6.73. The highest BCUT2D eigenvalue weighted by Crippen LogP contribution is 2.29. The first-order valence-corrected chi connectivity index (χ1v) is 15.3. The zero-order valence-corrected chi connectivity index (χ0v) is 24.1. The minimum Gasteiger partial charge on any atom is -0.493 e. The van der Waals surface area contributed by atoms with Crippen LogP contribution in [-0.4, -0.2) is 67.8 Å². The number of alkyl carbamates (subject to hydrolysis) is 2. The van der Waals surface area contributed by atoms with Crippen molar-refractivity contribution in [3.05, 3.63) is 76.2 Å². The van der Waals surface area contributed by atoms with Gasteiger partial charge in [0, 0.05) is 32.1 Å². The standard InChI is InChI=1S/C28H35N3O6S2/c1-20(2)16-31(39(34,35)24-9-10-27-22(14-24)11-12-36-27)17-26(32)25(13-21-7-5-4-6-8-21)30(3)28(33)37-18-23-15-29-19-38-23/h4-10,14-15,19-20,25-26,32H,11-13,16-18H2,1-3H3/p+1/t25-,26+/m0/s1. The number of carbonyl (C=O) groups excluding carboxylic acids is 1. The number of thiazole rings is 1. The Balaban J connectivity index is 1.57. The SMILES string of the molecule is CC(C)CN(C[C@@H](O)[C@H](Cc1ccccc1)[NH+](C)C(=O)OCc1cncs1)S(=O)(=O)c1ccc2c(c1)CCO2. The van der Waals surface area contributed by atoms with Gasteiger partial charge in [0.2, 0.25) is 10.0 Å². The van der Waals surface area contributed by atoms with Gasteiger partial charge in [-0.05, 0) is 35.2 Å². The molecular weight excluding hydrogens is 538 g/mol. The van der Waals surface area contributed by atoms with Crippen LogP contribution < -0.4 is 9.64 Å². The van der Waals surface area contributed by atoms with Crippen LogP contribution in [0.3, 0.4) is 0 Å². The fraction of sp³-hybridized carbons (Fsp3) is 0.429. The maximum Gasteiger partial charge on any atom is 0.514 e. The number of likely N-dealkylation sites (N-methyl/N-ethyl adjacent to an activating group) is 1. The molecule has 0 aliphatic carbocycles. The van der Waals surface area contributed by atoms with E-state index >= 15 is 0 Å². The topological polar surface area (TPSA) is 110 Å². The van der Waals surface area contributed by atoms with Gasteiger partial charge in [-0.15, -0.1) is 11.3 Å². The predicted octanol–water partition coefficient (Wildman–Crippen LogP) is 2.55. The number of rotatable bonds is 12. The minimum atomic E-state index is -3.92. The van der Waals surface area contributed by atoms with E-state index in [-0.39, 0.29) is 30.5 Å². The lowest BCUT2D eigenvalue weighted by Gasteiger charge is -2.31. The smallest absolute Gasteiger partial charge is 0.493 e. The molecule has 2 N–H and O–H groups in total. The second kappa shape index (κ2) is 13.0. The number of carbonyl (C=O) groups is 1. The Morgan fingerprint density at radius 1 is 1.21 bits per heavy atom. The Hall–Kier alpha value is -2.83. The van der Waals surface area contributed by atoms with Gasteiger partial charge in [-0.2, -0.15) is 9.10 Å². The van der Waals surface area contributed by atoms with Crippen LogP contribution in [0.15, 0.2) is 65.1 Å². The average molecular weight is 575 g/mol. The molecule has 2 aromatic carbocycles. The number of sulfonamides is 1. The fourth-order valence-corrected chi connectivity index (χ4v) is 6.83. The van der Waals surface area contributed by atoms with E-state index in [4.69, 9.17) is 9.47 Å². The number of amides is 1. The zero-order chi connectivity index (χ0) is 28.0. The third kappa shape index (κ3) is 7.43. The number of fused-ring (bicyclic) bond motifs is 1. The van der Waals surface area contributed by atoms with E-state index in [9.17, 15) is 18.3 Å². The molecule has 11 heteroatoms. The van der Waals surface area contributed by atoms with Crippen LogP contribution in [0.5, 0.6) is 5.75 Å². The molecule has 0 bridgehead atoms. The van der Waals surface area contributed by atoms with Gasteiger partial charge < -0.3 is 14.6 Å². The molecule has 1 amide bonds. The molecule has 1 unspecified atom stereocenters. The van der Waals surface area contributed by atoms with E-state index in [2.05, 4.69) is 4.98 Å².